The largest absolute Gasteiger partial charge is 0.434 e. The number of rotatable bonds is 7. The quantitative estimate of drug-likeness (QED) is 0.575. The van der Waals surface area contributed by atoms with Crippen molar-refractivity contribution in [1.29, 1.82) is 0 Å². The van der Waals surface area contributed by atoms with Crippen molar-refractivity contribution in [3.8, 4) is 0 Å². The topological polar surface area (TPSA) is 69.1 Å². The number of likely N-dealkylation sites (tertiary alicyclic amines) is 1. The van der Waals surface area contributed by atoms with E-state index in [9.17, 15) is 13.2 Å². The van der Waals surface area contributed by atoms with Crippen molar-refractivity contribution in [2.24, 2.45) is 16.9 Å². The molecule has 1 N–H and O–H groups in total. The van der Waals surface area contributed by atoms with E-state index in [4.69, 9.17) is 4.74 Å². The molecule has 3 saturated heterocycles. The zero-order valence-electron chi connectivity index (χ0n) is 19.4. The minimum absolute atomic E-state index is 0.185. The SMILES string of the molecule is CN1C(C2CCOCC2)=NNC1SCCCN1CC2CCN(c3cnc(C(F)(F)F)cn3)C2C1. The maximum Gasteiger partial charge on any atom is 0.434 e. The predicted octanol–water partition coefficient (Wildman–Crippen LogP) is 2.69. The maximum absolute atomic E-state index is 12.8. The van der Waals surface area contributed by atoms with Crippen molar-refractivity contribution in [2.45, 2.75) is 43.4 Å². The van der Waals surface area contributed by atoms with Gasteiger partial charge in [-0.3, -0.25) is 5.43 Å². The summed E-state index contributed by atoms with van der Waals surface area (Å²) in [6.07, 6.45) is 1.86. The number of fused-ring (bicyclic) bond motifs is 1. The third-order valence-electron chi connectivity index (χ3n) is 7.33. The number of nitrogens with one attached hydrogen (secondary N) is 1. The van der Waals surface area contributed by atoms with E-state index in [1.807, 2.05) is 11.8 Å². The Hall–Kier alpha value is -1.79. The Balaban J connectivity index is 1.05. The van der Waals surface area contributed by atoms with Gasteiger partial charge in [-0.25, -0.2) is 9.97 Å². The fourth-order valence-electron chi connectivity index (χ4n) is 5.51. The summed E-state index contributed by atoms with van der Waals surface area (Å²) in [7, 11) is 2.12. The number of ether oxygens (including phenoxy) is 1. The van der Waals surface area contributed by atoms with Gasteiger partial charge in [0.15, 0.2) is 11.2 Å². The summed E-state index contributed by atoms with van der Waals surface area (Å²) in [5.41, 5.74) is 2.53. The summed E-state index contributed by atoms with van der Waals surface area (Å²) in [5, 5.41) is 4.60. The second-order valence-corrected chi connectivity index (χ2v) is 10.7. The second-order valence-electron chi connectivity index (χ2n) is 9.50. The first kappa shape index (κ1) is 23.9. The Morgan fingerprint density at radius 1 is 1.15 bits per heavy atom. The minimum Gasteiger partial charge on any atom is -0.381 e. The molecule has 5 rings (SSSR count). The van der Waals surface area contributed by atoms with Gasteiger partial charge in [0.25, 0.3) is 0 Å². The normalized spacial score (nSPS) is 28.4. The summed E-state index contributed by atoms with van der Waals surface area (Å²) in [4.78, 5) is 14.6. The number of amidine groups is 1. The first-order valence-corrected chi connectivity index (χ1v) is 13.1. The molecule has 1 aromatic heterocycles. The number of anilines is 1. The molecule has 4 aliphatic rings. The van der Waals surface area contributed by atoms with Crippen LogP contribution in [0.25, 0.3) is 0 Å². The molecule has 3 atom stereocenters. The van der Waals surface area contributed by atoms with E-state index in [1.54, 1.807) is 0 Å². The average molecular weight is 500 g/mol. The maximum atomic E-state index is 12.8. The van der Waals surface area contributed by atoms with E-state index < -0.39 is 11.9 Å². The molecule has 3 unspecified atom stereocenters. The van der Waals surface area contributed by atoms with Crippen LogP contribution in [-0.2, 0) is 10.9 Å². The van der Waals surface area contributed by atoms with Gasteiger partial charge in [0.1, 0.15) is 11.7 Å². The number of thioether (sulfide) groups is 1. The molecule has 5 heterocycles. The van der Waals surface area contributed by atoms with E-state index in [0.717, 1.165) is 82.9 Å². The molecular formula is C22H32F3N7OS. The van der Waals surface area contributed by atoms with Crippen molar-refractivity contribution in [3.05, 3.63) is 18.1 Å². The van der Waals surface area contributed by atoms with Crippen molar-refractivity contribution in [2.75, 3.05) is 57.1 Å². The van der Waals surface area contributed by atoms with Crippen molar-refractivity contribution in [1.82, 2.24) is 25.2 Å². The van der Waals surface area contributed by atoms with Gasteiger partial charge in [-0.1, -0.05) is 0 Å². The Morgan fingerprint density at radius 3 is 2.71 bits per heavy atom. The molecular weight excluding hydrogens is 467 g/mol. The van der Waals surface area contributed by atoms with Gasteiger partial charge in [-0.05, 0) is 43.9 Å². The molecule has 34 heavy (non-hydrogen) atoms. The highest BCUT2D eigenvalue weighted by atomic mass is 32.2. The van der Waals surface area contributed by atoms with E-state index in [1.165, 1.54) is 6.20 Å². The van der Waals surface area contributed by atoms with Crippen LogP contribution < -0.4 is 10.3 Å². The molecule has 0 radical (unpaired) electrons. The standard InChI is InChI=1S/C22H32F3N7OS/c1-30-20(15-4-8-33-9-5-15)28-29-21(30)34-10-2-6-31-13-16-3-7-32(17(16)14-31)19-12-26-18(11-27-19)22(23,24)25/h11-12,15-17,21,29H,2-10,13-14H2,1H3. The first-order valence-electron chi connectivity index (χ1n) is 12.0. The van der Waals surface area contributed by atoms with Crippen LogP contribution in [0.3, 0.4) is 0 Å². The Kier molecular flexibility index (Phi) is 7.08. The molecule has 4 aliphatic heterocycles. The van der Waals surface area contributed by atoms with E-state index in [0.29, 0.717) is 23.7 Å². The summed E-state index contributed by atoms with van der Waals surface area (Å²) in [6, 6.07) is 0.303. The first-order chi connectivity index (χ1) is 16.4. The summed E-state index contributed by atoms with van der Waals surface area (Å²) < 4.78 is 43.9. The lowest BCUT2D eigenvalue weighted by Gasteiger charge is -2.28. The smallest absolute Gasteiger partial charge is 0.381 e. The molecule has 0 aromatic carbocycles. The molecule has 0 aliphatic carbocycles. The monoisotopic (exact) mass is 499 g/mol. The molecule has 12 heteroatoms. The molecule has 8 nitrogen and oxygen atoms in total. The summed E-state index contributed by atoms with van der Waals surface area (Å²) >= 11 is 1.89. The number of alkyl halides is 3. The molecule has 0 spiro atoms. The van der Waals surface area contributed by atoms with Gasteiger partial charge < -0.3 is 19.4 Å². The number of aromatic nitrogens is 2. The zero-order valence-corrected chi connectivity index (χ0v) is 20.2. The lowest BCUT2D eigenvalue weighted by atomic mass is 9.98. The van der Waals surface area contributed by atoms with Crippen LogP contribution in [0.1, 0.15) is 31.4 Å². The van der Waals surface area contributed by atoms with E-state index in [-0.39, 0.29) is 5.50 Å². The van der Waals surface area contributed by atoms with Crippen LogP contribution >= 0.6 is 11.8 Å². The van der Waals surface area contributed by atoms with Gasteiger partial charge in [0, 0.05) is 51.9 Å². The van der Waals surface area contributed by atoms with Crippen molar-refractivity contribution < 1.29 is 17.9 Å². The van der Waals surface area contributed by atoms with Gasteiger partial charge >= 0.3 is 6.18 Å². The molecule has 0 amide bonds. The zero-order chi connectivity index (χ0) is 23.7. The van der Waals surface area contributed by atoms with Crippen LogP contribution in [0.15, 0.2) is 17.5 Å². The van der Waals surface area contributed by atoms with Crippen molar-refractivity contribution in [3.63, 3.8) is 0 Å². The number of nitrogens with zero attached hydrogens (tertiary/aromatic N) is 6. The number of hydrogen-bond donors (Lipinski definition) is 1. The third kappa shape index (κ3) is 5.08. The van der Waals surface area contributed by atoms with Crippen LogP contribution in [-0.4, -0.2) is 89.3 Å². The van der Waals surface area contributed by atoms with E-state index in [2.05, 4.69) is 42.2 Å². The fraction of sp³-hybridized carbons (Fsp3) is 0.773. The second kappa shape index (κ2) is 10.1. The number of hydrogen-bond acceptors (Lipinski definition) is 9. The van der Waals surface area contributed by atoms with Crippen LogP contribution in [0, 0.1) is 11.8 Å². The molecule has 188 valence electrons. The predicted molar refractivity (Wildman–Crippen MR) is 125 cm³/mol. The molecule has 0 saturated carbocycles. The molecule has 3 fully saturated rings. The number of hydrazone groups is 1. The summed E-state index contributed by atoms with van der Waals surface area (Å²) in [5.74, 6) is 3.76. The summed E-state index contributed by atoms with van der Waals surface area (Å²) in [6.45, 7) is 5.45. The Morgan fingerprint density at radius 2 is 1.97 bits per heavy atom. The highest BCUT2D eigenvalue weighted by molar-refractivity contribution is 7.99. The number of halogens is 3. The fourth-order valence-corrected chi connectivity index (χ4v) is 6.48. The minimum atomic E-state index is -4.46. The molecule has 0 bridgehead atoms. The van der Waals surface area contributed by atoms with Crippen LogP contribution in [0.4, 0.5) is 19.0 Å². The Bertz CT molecular complexity index is 865. The lowest BCUT2D eigenvalue weighted by Crippen LogP contribution is -2.39. The van der Waals surface area contributed by atoms with Crippen LogP contribution in [0.2, 0.25) is 0 Å². The van der Waals surface area contributed by atoms with Crippen molar-refractivity contribution >= 4 is 23.4 Å². The van der Waals surface area contributed by atoms with Gasteiger partial charge in [-0.15, -0.1) is 11.8 Å². The highest BCUT2D eigenvalue weighted by Gasteiger charge is 2.42. The van der Waals surface area contributed by atoms with Crippen LogP contribution in [0.5, 0.6) is 0 Å². The Labute approximate surface area is 202 Å². The lowest BCUT2D eigenvalue weighted by molar-refractivity contribution is -0.141. The third-order valence-corrected chi connectivity index (χ3v) is 8.59. The van der Waals surface area contributed by atoms with Gasteiger partial charge in [0.2, 0.25) is 0 Å². The van der Waals surface area contributed by atoms with Gasteiger partial charge in [-0.2, -0.15) is 18.3 Å². The van der Waals surface area contributed by atoms with Gasteiger partial charge in [0.05, 0.1) is 12.4 Å². The van der Waals surface area contributed by atoms with E-state index >= 15 is 0 Å². The highest BCUT2D eigenvalue weighted by Crippen LogP contribution is 2.35. The average Bonchev–Trinajstić information content (AvgIpc) is 3.51. The molecule has 1 aromatic rings.